The van der Waals surface area contributed by atoms with Gasteiger partial charge in [-0.05, 0) is 24.5 Å². The van der Waals surface area contributed by atoms with Crippen LogP contribution < -0.4 is 10.5 Å². The number of hydrogen-bond donors (Lipinski definition) is 1. The maximum absolute atomic E-state index is 13.3. The molecule has 1 aromatic carbocycles. The number of likely N-dealkylation sites (N-methyl/N-ethyl adjacent to an activating group) is 1. The lowest BCUT2D eigenvalue weighted by Crippen LogP contribution is -2.36. The van der Waals surface area contributed by atoms with Gasteiger partial charge in [-0.1, -0.05) is 13.8 Å². The molecule has 0 heterocycles. The van der Waals surface area contributed by atoms with Crippen molar-refractivity contribution in [3.8, 4) is 5.75 Å². The fourth-order valence-electron chi connectivity index (χ4n) is 1.64. The first-order valence-corrected chi connectivity index (χ1v) is 6.88. The van der Waals surface area contributed by atoms with Gasteiger partial charge in [0, 0.05) is 25.7 Å². The molecule has 0 aromatic heterocycles. The zero-order valence-corrected chi connectivity index (χ0v) is 12.6. The Morgan fingerprint density at radius 2 is 2.05 bits per heavy atom. The van der Waals surface area contributed by atoms with Crippen molar-refractivity contribution in [3.63, 3.8) is 0 Å². The van der Waals surface area contributed by atoms with Gasteiger partial charge in [-0.3, -0.25) is 4.79 Å². The van der Waals surface area contributed by atoms with Crippen LogP contribution in [0.1, 0.15) is 20.3 Å². The van der Waals surface area contributed by atoms with Gasteiger partial charge in [-0.2, -0.15) is 0 Å². The molecule has 2 N–H and O–H groups in total. The topological polar surface area (TPSA) is 55.6 Å². The van der Waals surface area contributed by atoms with Crippen LogP contribution in [-0.2, 0) is 4.79 Å². The highest BCUT2D eigenvalue weighted by Gasteiger charge is 2.14. The van der Waals surface area contributed by atoms with Crippen molar-refractivity contribution in [2.75, 3.05) is 20.2 Å². The van der Waals surface area contributed by atoms with Gasteiger partial charge in [0.2, 0.25) is 0 Å². The van der Waals surface area contributed by atoms with Crippen LogP contribution in [0.25, 0.3) is 0 Å². The van der Waals surface area contributed by atoms with Gasteiger partial charge in [0.25, 0.3) is 5.91 Å². The minimum atomic E-state index is -0.827. The summed E-state index contributed by atoms with van der Waals surface area (Å²) < 4.78 is 31.1. The number of hydrogen-bond acceptors (Lipinski definition) is 3. The summed E-state index contributed by atoms with van der Waals surface area (Å²) in [5.74, 6) is -1.59. The Morgan fingerprint density at radius 1 is 1.38 bits per heavy atom. The lowest BCUT2D eigenvalue weighted by molar-refractivity contribution is -0.132. The second-order valence-corrected chi connectivity index (χ2v) is 5.38. The average Bonchev–Trinajstić information content (AvgIpc) is 2.42. The Bertz CT molecular complexity index is 481. The molecule has 6 heteroatoms. The Balaban J connectivity index is 2.42. The Morgan fingerprint density at radius 3 is 2.62 bits per heavy atom. The van der Waals surface area contributed by atoms with Crippen molar-refractivity contribution in [3.05, 3.63) is 29.8 Å². The molecule has 0 aliphatic heterocycles. The van der Waals surface area contributed by atoms with Crippen LogP contribution in [-0.4, -0.2) is 37.0 Å². The molecule has 1 unspecified atom stereocenters. The number of amides is 1. The lowest BCUT2D eigenvalue weighted by Gasteiger charge is -2.21. The summed E-state index contributed by atoms with van der Waals surface area (Å²) in [5, 5.41) is 0. The summed E-state index contributed by atoms with van der Waals surface area (Å²) in [6.07, 6.45) is 0.685. The van der Waals surface area contributed by atoms with Crippen molar-refractivity contribution in [1.29, 1.82) is 0 Å². The van der Waals surface area contributed by atoms with Gasteiger partial charge in [0.15, 0.2) is 18.2 Å². The number of halogens is 2. The number of rotatable bonds is 7. The molecule has 0 spiro atoms. The minimum Gasteiger partial charge on any atom is -0.481 e. The van der Waals surface area contributed by atoms with Gasteiger partial charge in [-0.15, -0.1) is 0 Å². The summed E-state index contributed by atoms with van der Waals surface area (Å²) in [6, 6.07) is 2.97. The second kappa shape index (κ2) is 7.93. The van der Waals surface area contributed by atoms with E-state index in [1.165, 1.54) is 4.90 Å². The number of ether oxygens (including phenoxy) is 1. The molecule has 1 amide bonds. The Hall–Kier alpha value is -1.69. The molecule has 0 aliphatic rings. The molecule has 0 bridgehead atoms. The predicted octanol–water partition coefficient (Wildman–Crippen LogP) is 2.18. The normalized spacial score (nSPS) is 12.3. The Kier molecular flexibility index (Phi) is 6.55. The van der Waals surface area contributed by atoms with Crippen LogP contribution in [0.4, 0.5) is 8.78 Å². The maximum Gasteiger partial charge on any atom is 0.260 e. The smallest absolute Gasteiger partial charge is 0.260 e. The van der Waals surface area contributed by atoms with Crippen LogP contribution in [0, 0.1) is 17.6 Å². The van der Waals surface area contributed by atoms with Gasteiger partial charge in [0.1, 0.15) is 5.82 Å². The molecular weight excluding hydrogens is 278 g/mol. The zero-order chi connectivity index (χ0) is 16.0. The van der Waals surface area contributed by atoms with E-state index >= 15 is 0 Å². The molecule has 1 atom stereocenters. The lowest BCUT2D eigenvalue weighted by atomic mass is 10.0. The largest absolute Gasteiger partial charge is 0.481 e. The van der Waals surface area contributed by atoms with Gasteiger partial charge in [-0.25, -0.2) is 8.78 Å². The molecule has 1 aromatic rings. The molecule has 0 aliphatic carbocycles. The van der Waals surface area contributed by atoms with Crippen LogP contribution >= 0.6 is 0 Å². The highest BCUT2D eigenvalue weighted by atomic mass is 19.1. The van der Waals surface area contributed by atoms with Crippen molar-refractivity contribution in [1.82, 2.24) is 4.90 Å². The summed E-state index contributed by atoms with van der Waals surface area (Å²) in [6.45, 7) is 4.25. The third-order valence-electron chi connectivity index (χ3n) is 3.32. The molecule has 21 heavy (non-hydrogen) atoms. The molecule has 4 nitrogen and oxygen atoms in total. The number of nitrogens with two attached hydrogens (primary N) is 1. The van der Waals surface area contributed by atoms with E-state index in [4.69, 9.17) is 10.5 Å². The second-order valence-electron chi connectivity index (χ2n) is 5.38. The number of carbonyl (C=O) groups excluding carboxylic acids is 1. The summed E-state index contributed by atoms with van der Waals surface area (Å²) in [7, 11) is 1.64. The van der Waals surface area contributed by atoms with Crippen LogP contribution in [0.5, 0.6) is 5.75 Å². The van der Waals surface area contributed by atoms with Crippen LogP contribution in [0.15, 0.2) is 18.2 Å². The fraction of sp³-hybridized carbons (Fsp3) is 0.533. The van der Waals surface area contributed by atoms with E-state index < -0.39 is 11.6 Å². The van der Waals surface area contributed by atoms with E-state index in [0.29, 0.717) is 24.9 Å². The highest BCUT2D eigenvalue weighted by molar-refractivity contribution is 5.77. The highest BCUT2D eigenvalue weighted by Crippen LogP contribution is 2.17. The van der Waals surface area contributed by atoms with E-state index in [9.17, 15) is 13.6 Å². The first-order valence-electron chi connectivity index (χ1n) is 6.88. The van der Waals surface area contributed by atoms with Crippen molar-refractivity contribution in [2.24, 2.45) is 11.7 Å². The fourth-order valence-corrected chi connectivity index (χ4v) is 1.64. The molecule has 1 rings (SSSR count). The van der Waals surface area contributed by atoms with E-state index in [2.05, 4.69) is 0 Å². The molecular formula is C15H22F2N2O2. The SMILES string of the molecule is CC(C)C(N)CCN(C)C(=O)COc1ccc(F)cc1F. The predicted molar refractivity (Wildman–Crippen MR) is 76.9 cm³/mol. The summed E-state index contributed by atoms with van der Waals surface area (Å²) in [5.41, 5.74) is 5.91. The summed E-state index contributed by atoms with van der Waals surface area (Å²) >= 11 is 0. The quantitative estimate of drug-likeness (QED) is 0.839. The third kappa shape index (κ3) is 5.67. The zero-order valence-electron chi connectivity index (χ0n) is 12.6. The van der Waals surface area contributed by atoms with E-state index in [-0.39, 0.29) is 24.3 Å². The van der Waals surface area contributed by atoms with E-state index in [1.54, 1.807) is 7.05 Å². The molecule has 0 fully saturated rings. The van der Waals surface area contributed by atoms with Crippen molar-refractivity contribution in [2.45, 2.75) is 26.3 Å². The van der Waals surface area contributed by atoms with Crippen molar-refractivity contribution < 1.29 is 18.3 Å². The average molecular weight is 300 g/mol. The van der Waals surface area contributed by atoms with Crippen LogP contribution in [0.2, 0.25) is 0 Å². The number of nitrogens with zero attached hydrogens (tertiary/aromatic N) is 1. The molecule has 0 saturated carbocycles. The standard InChI is InChI=1S/C15H22F2N2O2/c1-10(2)13(18)6-7-19(3)15(20)9-21-14-5-4-11(16)8-12(14)17/h4-5,8,10,13H,6-7,9,18H2,1-3H3. The van der Waals surface area contributed by atoms with Gasteiger partial charge in [0.05, 0.1) is 0 Å². The monoisotopic (exact) mass is 300 g/mol. The minimum absolute atomic E-state index is 0.0238. The van der Waals surface area contributed by atoms with Crippen molar-refractivity contribution >= 4 is 5.91 Å². The summed E-state index contributed by atoms with van der Waals surface area (Å²) in [4.78, 5) is 13.3. The molecule has 118 valence electrons. The van der Waals surface area contributed by atoms with E-state index in [0.717, 1.165) is 12.1 Å². The molecule has 0 saturated heterocycles. The maximum atomic E-state index is 13.3. The molecule has 0 radical (unpaired) electrons. The van der Waals surface area contributed by atoms with Gasteiger partial charge >= 0.3 is 0 Å². The van der Waals surface area contributed by atoms with Crippen LogP contribution in [0.3, 0.4) is 0 Å². The first kappa shape index (κ1) is 17.4. The first-order chi connectivity index (χ1) is 9.81. The number of carbonyl (C=O) groups is 1. The Labute approximate surface area is 123 Å². The van der Waals surface area contributed by atoms with Gasteiger partial charge < -0.3 is 15.4 Å². The van der Waals surface area contributed by atoms with E-state index in [1.807, 2.05) is 13.8 Å². The third-order valence-corrected chi connectivity index (χ3v) is 3.32. The number of benzene rings is 1.